The van der Waals surface area contributed by atoms with Gasteiger partial charge in [-0.3, -0.25) is 4.79 Å². The number of carbonyl (C=O) groups is 1. The van der Waals surface area contributed by atoms with E-state index in [2.05, 4.69) is 54.5 Å². The predicted molar refractivity (Wildman–Crippen MR) is 129 cm³/mol. The summed E-state index contributed by atoms with van der Waals surface area (Å²) >= 11 is 28.9. The number of benzene rings is 2. The average molecular weight is 622 g/mol. The summed E-state index contributed by atoms with van der Waals surface area (Å²) < 4.78 is 0.0454. The fourth-order valence-electron chi connectivity index (χ4n) is 2.10. The Morgan fingerprint density at radius 1 is 1.19 bits per heavy atom. The van der Waals surface area contributed by atoms with Gasteiger partial charge in [-0.05, 0) is 83.7 Å². The van der Waals surface area contributed by atoms with Gasteiger partial charge in [0.1, 0.15) is 6.17 Å². The molecule has 1 atom stereocenters. The number of hydrogen-bond acceptors (Lipinski definition) is 2. The van der Waals surface area contributed by atoms with Crippen molar-refractivity contribution in [1.29, 1.82) is 0 Å². The van der Waals surface area contributed by atoms with Crippen molar-refractivity contribution in [3.05, 3.63) is 61.6 Å². The normalized spacial score (nSPS) is 12.2. The van der Waals surface area contributed by atoms with Gasteiger partial charge in [-0.15, -0.1) is 0 Å². The van der Waals surface area contributed by atoms with Gasteiger partial charge in [0, 0.05) is 19.3 Å². The lowest BCUT2D eigenvalue weighted by molar-refractivity contribution is 0.0934. The van der Waals surface area contributed by atoms with Crippen LogP contribution in [-0.2, 0) is 0 Å². The first-order chi connectivity index (χ1) is 12.6. The molecule has 2 aromatic rings. The molecule has 0 fully saturated rings. The molecule has 1 amide bonds. The van der Waals surface area contributed by atoms with Crippen molar-refractivity contribution in [3.8, 4) is 0 Å². The molecule has 4 nitrogen and oxygen atoms in total. The van der Waals surface area contributed by atoms with Crippen molar-refractivity contribution in [3.63, 3.8) is 0 Å². The summed E-state index contributed by atoms with van der Waals surface area (Å²) in [5.74, 6) is -0.409. The maximum absolute atomic E-state index is 12.5. The Morgan fingerprint density at radius 3 is 2.48 bits per heavy atom. The van der Waals surface area contributed by atoms with Crippen molar-refractivity contribution >= 4 is 102 Å². The van der Waals surface area contributed by atoms with Crippen LogP contribution >= 0.6 is 85.5 Å². The number of carbonyl (C=O) groups excluding carboxylic acids is 1. The number of aryl methyl sites for hydroxylation is 1. The van der Waals surface area contributed by atoms with Gasteiger partial charge in [-0.25, -0.2) is 0 Å². The molecule has 0 saturated carbocycles. The van der Waals surface area contributed by atoms with E-state index in [9.17, 15) is 4.79 Å². The van der Waals surface area contributed by atoms with Gasteiger partial charge in [0.15, 0.2) is 5.11 Å². The number of amides is 1. The molecule has 1 unspecified atom stereocenters. The molecule has 0 radical (unpaired) electrons. The number of halogens is 5. The van der Waals surface area contributed by atoms with E-state index in [1.54, 1.807) is 18.2 Å². The number of hydrogen-bond donors (Lipinski definition) is 3. The summed E-state index contributed by atoms with van der Waals surface area (Å²) in [5.41, 5.74) is 2.24. The maximum atomic E-state index is 12.5. The zero-order chi connectivity index (χ0) is 20.2. The molecule has 0 aliphatic heterocycles. The second kappa shape index (κ2) is 9.93. The largest absolute Gasteiger partial charge is 0.339 e. The Hall–Kier alpha value is -0.320. The molecule has 0 aliphatic rings. The highest BCUT2D eigenvalue weighted by molar-refractivity contribution is 14.1. The Morgan fingerprint density at radius 2 is 1.89 bits per heavy atom. The molecule has 0 spiro atoms. The number of anilines is 1. The molecule has 3 N–H and O–H groups in total. The first kappa shape index (κ1) is 23.0. The lowest BCUT2D eigenvalue weighted by atomic mass is 10.2. The summed E-state index contributed by atoms with van der Waals surface area (Å²) in [5, 5.41) is 8.74. The van der Waals surface area contributed by atoms with Crippen LogP contribution in [0.3, 0.4) is 0 Å². The highest BCUT2D eigenvalue weighted by atomic mass is 127. The summed E-state index contributed by atoms with van der Waals surface area (Å²) in [6.45, 7) is 1.95. The van der Waals surface area contributed by atoms with Gasteiger partial charge in [0.05, 0.1) is 0 Å². The fraction of sp³-hybridized carbons (Fsp3) is 0.176. The van der Waals surface area contributed by atoms with E-state index in [1.165, 1.54) is 0 Å². The maximum Gasteiger partial charge on any atom is 0.253 e. The number of nitrogens with one attached hydrogen (secondary N) is 3. The lowest BCUT2D eigenvalue weighted by Gasteiger charge is -2.28. The zero-order valence-corrected chi connectivity index (χ0v) is 20.7. The van der Waals surface area contributed by atoms with Gasteiger partial charge >= 0.3 is 0 Å². The molecule has 10 heteroatoms. The van der Waals surface area contributed by atoms with E-state index in [-0.39, 0.29) is 5.11 Å². The van der Waals surface area contributed by atoms with Crippen molar-refractivity contribution in [1.82, 2.24) is 10.6 Å². The van der Waals surface area contributed by atoms with Crippen LogP contribution in [0.25, 0.3) is 0 Å². The molecule has 0 saturated heterocycles. The van der Waals surface area contributed by atoms with E-state index in [0.717, 1.165) is 19.3 Å². The quantitative estimate of drug-likeness (QED) is 0.176. The lowest BCUT2D eigenvalue weighted by Crippen LogP contribution is -2.56. The SMILES string of the molecule is Cc1cc(I)ccc1NC(=S)NC(NC(=O)c1cccc(Br)c1)C(Cl)(Cl)Cl. The van der Waals surface area contributed by atoms with Crippen LogP contribution in [0.5, 0.6) is 0 Å². The molecule has 0 heterocycles. The standard InChI is InChI=1S/C17H14BrCl3IN3OS/c1-9-7-12(22)5-6-13(9)23-16(27)25-15(17(19,20)21)24-14(26)10-3-2-4-11(18)8-10/h2-8,15H,1H3,(H,24,26)(H2,23,25,27). The van der Waals surface area contributed by atoms with Crippen LogP contribution in [0.1, 0.15) is 15.9 Å². The Kier molecular flexibility index (Phi) is 8.45. The number of rotatable bonds is 4. The monoisotopic (exact) mass is 619 g/mol. The third-order valence-electron chi connectivity index (χ3n) is 3.40. The van der Waals surface area contributed by atoms with Crippen molar-refractivity contribution in [2.45, 2.75) is 16.9 Å². The molecule has 2 rings (SSSR count). The molecular weight excluding hydrogens is 607 g/mol. The fourth-order valence-corrected chi connectivity index (χ4v) is 3.70. The minimum Gasteiger partial charge on any atom is -0.339 e. The van der Waals surface area contributed by atoms with Crippen LogP contribution in [0.15, 0.2) is 46.9 Å². The van der Waals surface area contributed by atoms with Gasteiger partial charge in [0.2, 0.25) is 3.79 Å². The second-order valence-corrected chi connectivity index (χ2v) is 10.5. The van der Waals surface area contributed by atoms with E-state index in [4.69, 9.17) is 47.0 Å². The molecule has 2 aromatic carbocycles. The molecule has 0 aliphatic carbocycles. The second-order valence-electron chi connectivity index (χ2n) is 5.52. The predicted octanol–water partition coefficient (Wildman–Crippen LogP) is 5.77. The van der Waals surface area contributed by atoms with Gasteiger partial charge in [0.25, 0.3) is 5.91 Å². The minimum absolute atomic E-state index is 0.213. The summed E-state index contributed by atoms with van der Waals surface area (Å²) in [6.07, 6.45) is -1.04. The van der Waals surface area contributed by atoms with E-state index in [0.29, 0.717) is 5.56 Å². The molecule has 27 heavy (non-hydrogen) atoms. The summed E-state index contributed by atoms with van der Waals surface area (Å²) in [6, 6.07) is 12.7. The van der Waals surface area contributed by atoms with Crippen molar-refractivity contribution < 1.29 is 4.79 Å². The first-order valence-corrected chi connectivity index (χ1v) is 10.9. The van der Waals surface area contributed by atoms with Crippen molar-refractivity contribution in [2.24, 2.45) is 0 Å². The van der Waals surface area contributed by atoms with Crippen LogP contribution in [-0.4, -0.2) is 21.0 Å². The Balaban J connectivity index is 2.10. The third-order valence-corrected chi connectivity index (χ3v) is 5.44. The molecule has 144 valence electrons. The smallest absolute Gasteiger partial charge is 0.253 e. The van der Waals surface area contributed by atoms with Gasteiger partial charge in [-0.1, -0.05) is 56.8 Å². The van der Waals surface area contributed by atoms with Crippen molar-refractivity contribution in [2.75, 3.05) is 5.32 Å². The molecular formula is C17H14BrCl3IN3OS. The van der Waals surface area contributed by atoms with Crippen LogP contribution < -0.4 is 16.0 Å². The number of alkyl halides is 3. The zero-order valence-electron chi connectivity index (χ0n) is 13.8. The van der Waals surface area contributed by atoms with E-state index < -0.39 is 15.9 Å². The highest BCUT2D eigenvalue weighted by Gasteiger charge is 2.35. The van der Waals surface area contributed by atoms with Crippen LogP contribution in [0, 0.1) is 10.5 Å². The Labute approximate surface area is 200 Å². The highest BCUT2D eigenvalue weighted by Crippen LogP contribution is 2.29. The molecule has 0 aromatic heterocycles. The van der Waals surface area contributed by atoms with Crippen LogP contribution in [0.4, 0.5) is 5.69 Å². The van der Waals surface area contributed by atoms with E-state index in [1.807, 2.05) is 31.2 Å². The molecule has 0 bridgehead atoms. The summed E-state index contributed by atoms with van der Waals surface area (Å²) in [7, 11) is 0. The van der Waals surface area contributed by atoms with E-state index >= 15 is 0 Å². The Bertz CT molecular complexity index is 864. The van der Waals surface area contributed by atoms with Gasteiger partial charge < -0.3 is 16.0 Å². The third kappa shape index (κ3) is 7.21. The number of thiocarbonyl (C=S) groups is 1. The topological polar surface area (TPSA) is 53.2 Å². The van der Waals surface area contributed by atoms with Crippen LogP contribution in [0.2, 0.25) is 0 Å². The first-order valence-electron chi connectivity index (χ1n) is 7.53. The average Bonchev–Trinajstić information content (AvgIpc) is 2.56. The summed E-state index contributed by atoms with van der Waals surface area (Å²) in [4.78, 5) is 12.5. The van der Waals surface area contributed by atoms with Gasteiger partial charge in [-0.2, -0.15) is 0 Å². The minimum atomic E-state index is -1.82.